The highest BCUT2D eigenvalue weighted by molar-refractivity contribution is 5.78. The van der Waals surface area contributed by atoms with E-state index < -0.39 is 11.1 Å². The highest BCUT2D eigenvalue weighted by atomic mass is 16.2. The molecule has 1 heterocycles. The van der Waals surface area contributed by atoms with Crippen LogP contribution < -0.4 is 11.1 Å². The zero-order chi connectivity index (χ0) is 15.4. The van der Waals surface area contributed by atoms with Crippen molar-refractivity contribution in [3.05, 3.63) is 44.0 Å². The number of rotatable bonds is 6. The van der Waals surface area contributed by atoms with Crippen molar-refractivity contribution in [2.75, 3.05) is 13.1 Å². The van der Waals surface area contributed by atoms with Crippen LogP contribution in [0.1, 0.15) is 37.8 Å². The van der Waals surface area contributed by atoms with Crippen LogP contribution in [0, 0.1) is 6.92 Å². The zero-order valence-corrected chi connectivity index (χ0v) is 13.0. The van der Waals surface area contributed by atoms with Crippen molar-refractivity contribution in [3.63, 3.8) is 0 Å². The Morgan fingerprint density at radius 2 is 1.62 bits per heavy atom. The van der Waals surface area contributed by atoms with Crippen molar-refractivity contribution in [2.45, 2.75) is 40.2 Å². The van der Waals surface area contributed by atoms with Gasteiger partial charge in [-0.15, -0.1) is 0 Å². The molecule has 0 saturated heterocycles. The normalized spacial score (nSPS) is 11.4. The highest BCUT2D eigenvalue weighted by Crippen LogP contribution is 2.19. The van der Waals surface area contributed by atoms with E-state index in [9.17, 15) is 9.59 Å². The van der Waals surface area contributed by atoms with Crippen LogP contribution in [0.25, 0.3) is 11.0 Å². The molecule has 0 saturated carbocycles. The van der Waals surface area contributed by atoms with E-state index in [1.54, 1.807) is 0 Å². The molecular weight excluding hydrogens is 266 g/mol. The highest BCUT2D eigenvalue weighted by Gasteiger charge is 2.11. The molecule has 2 N–H and O–H groups in total. The van der Waals surface area contributed by atoms with Crippen LogP contribution in [-0.4, -0.2) is 28.0 Å². The number of hydrogen-bond donors (Lipinski definition) is 2. The third-order valence-corrected chi connectivity index (χ3v) is 3.70. The topological polar surface area (TPSA) is 69.0 Å². The van der Waals surface area contributed by atoms with Crippen LogP contribution in [0.3, 0.4) is 0 Å². The number of aryl methyl sites for hydroxylation is 1. The maximum absolute atomic E-state index is 11.6. The molecule has 114 valence electrons. The third kappa shape index (κ3) is 3.42. The second-order valence-corrected chi connectivity index (χ2v) is 5.47. The molecule has 1 aromatic heterocycles. The zero-order valence-electron chi connectivity index (χ0n) is 13.0. The Balaban J connectivity index is 2.51. The average Bonchev–Trinajstić information content (AvgIpc) is 2.44. The number of H-pyrrole nitrogens is 2. The Labute approximate surface area is 124 Å². The number of nitrogens with one attached hydrogen (secondary N) is 2. The van der Waals surface area contributed by atoms with Crippen LogP contribution >= 0.6 is 0 Å². The smallest absolute Gasteiger partial charge is 0.314 e. The van der Waals surface area contributed by atoms with Crippen molar-refractivity contribution in [2.24, 2.45) is 0 Å². The van der Waals surface area contributed by atoms with Gasteiger partial charge >= 0.3 is 11.1 Å². The molecule has 0 radical (unpaired) electrons. The fourth-order valence-electron chi connectivity index (χ4n) is 2.68. The average molecular weight is 289 g/mol. The van der Waals surface area contributed by atoms with E-state index in [1.807, 2.05) is 19.1 Å². The third-order valence-electron chi connectivity index (χ3n) is 3.70. The Morgan fingerprint density at radius 3 is 2.24 bits per heavy atom. The van der Waals surface area contributed by atoms with Crippen LogP contribution in [0.4, 0.5) is 0 Å². The minimum absolute atomic E-state index is 0.591. The van der Waals surface area contributed by atoms with Crippen LogP contribution in [0.15, 0.2) is 21.7 Å². The lowest BCUT2D eigenvalue weighted by molar-refractivity contribution is 0.267. The minimum atomic E-state index is -0.601. The first-order chi connectivity index (χ1) is 10.1. The second-order valence-electron chi connectivity index (χ2n) is 5.47. The summed E-state index contributed by atoms with van der Waals surface area (Å²) >= 11 is 0. The van der Waals surface area contributed by atoms with Crippen LogP contribution in [0.2, 0.25) is 0 Å². The SMILES string of the molecule is CCCN(CCC)Cc1c(C)ccc2[nH]c(=O)c(=O)[nH]c12. The molecule has 0 aliphatic heterocycles. The van der Waals surface area contributed by atoms with E-state index in [1.165, 1.54) is 0 Å². The van der Waals surface area contributed by atoms with Crippen molar-refractivity contribution >= 4 is 11.0 Å². The molecule has 0 aliphatic rings. The summed E-state index contributed by atoms with van der Waals surface area (Å²) in [6.07, 6.45) is 2.19. The monoisotopic (exact) mass is 289 g/mol. The van der Waals surface area contributed by atoms with Gasteiger partial charge in [-0.2, -0.15) is 0 Å². The maximum atomic E-state index is 11.6. The quantitative estimate of drug-likeness (QED) is 0.801. The molecule has 2 aromatic rings. The number of hydrogen-bond acceptors (Lipinski definition) is 3. The van der Waals surface area contributed by atoms with Gasteiger partial charge in [0.05, 0.1) is 11.0 Å². The number of fused-ring (bicyclic) bond motifs is 1. The molecule has 1 aromatic carbocycles. The van der Waals surface area contributed by atoms with E-state index in [2.05, 4.69) is 28.7 Å². The van der Waals surface area contributed by atoms with Crippen molar-refractivity contribution in [3.8, 4) is 0 Å². The van der Waals surface area contributed by atoms with Gasteiger partial charge in [-0.25, -0.2) is 0 Å². The van der Waals surface area contributed by atoms with Gasteiger partial charge < -0.3 is 9.97 Å². The summed E-state index contributed by atoms with van der Waals surface area (Å²) in [6.45, 7) is 9.20. The van der Waals surface area contributed by atoms with E-state index in [0.29, 0.717) is 5.52 Å². The number of aromatic nitrogens is 2. The largest absolute Gasteiger partial charge is 0.316 e. The van der Waals surface area contributed by atoms with Gasteiger partial charge in [0, 0.05) is 6.54 Å². The predicted octanol–water partition coefficient (Wildman–Crippen LogP) is 2.15. The summed E-state index contributed by atoms with van der Waals surface area (Å²) in [5, 5.41) is 0. The van der Waals surface area contributed by atoms with Crippen molar-refractivity contribution in [1.29, 1.82) is 0 Å². The second kappa shape index (κ2) is 6.72. The molecule has 5 nitrogen and oxygen atoms in total. The van der Waals surface area contributed by atoms with Gasteiger partial charge in [0.1, 0.15) is 0 Å². The lowest BCUT2D eigenvalue weighted by atomic mass is 10.1. The molecule has 0 unspecified atom stereocenters. The first kappa shape index (κ1) is 15.5. The first-order valence-corrected chi connectivity index (χ1v) is 7.54. The van der Waals surface area contributed by atoms with Crippen LogP contribution in [-0.2, 0) is 6.54 Å². The minimum Gasteiger partial charge on any atom is -0.316 e. The Morgan fingerprint density at radius 1 is 1.00 bits per heavy atom. The molecular formula is C16H23N3O2. The van der Waals surface area contributed by atoms with Crippen LogP contribution in [0.5, 0.6) is 0 Å². The van der Waals surface area contributed by atoms with Gasteiger partial charge in [-0.3, -0.25) is 14.5 Å². The maximum Gasteiger partial charge on any atom is 0.314 e. The molecule has 0 spiro atoms. The summed E-state index contributed by atoms with van der Waals surface area (Å²) in [4.78, 5) is 30.8. The molecule has 0 bridgehead atoms. The van der Waals surface area contributed by atoms with Crippen molar-refractivity contribution < 1.29 is 0 Å². The molecule has 0 fully saturated rings. The van der Waals surface area contributed by atoms with Crippen molar-refractivity contribution in [1.82, 2.24) is 14.9 Å². The molecule has 5 heteroatoms. The summed E-state index contributed by atoms with van der Waals surface area (Å²) in [5.41, 5.74) is 2.46. The van der Waals surface area contributed by atoms with Gasteiger partial charge in [0.25, 0.3) is 0 Å². The first-order valence-electron chi connectivity index (χ1n) is 7.54. The van der Waals surface area contributed by atoms with Gasteiger partial charge in [-0.1, -0.05) is 19.9 Å². The Hall–Kier alpha value is -1.88. The van der Waals surface area contributed by atoms with E-state index in [-0.39, 0.29) is 0 Å². The number of benzene rings is 1. The lowest BCUT2D eigenvalue weighted by Crippen LogP contribution is -2.30. The van der Waals surface area contributed by atoms with Gasteiger partial charge in [0.2, 0.25) is 0 Å². The molecule has 0 amide bonds. The van der Waals surface area contributed by atoms with E-state index in [0.717, 1.165) is 49.1 Å². The summed E-state index contributed by atoms with van der Waals surface area (Å²) in [5.74, 6) is 0. The number of aromatic amines is 2. The summed E-state index contributed by atoms with van der Waals surface area (Å²) in [7, 11) is 0. The van der Waals surface area contributed by atoms with Gasteiger partial charge in [0.15, 0.2) is 0 Å². The molecule has 0 atom stereocenters. The molecule has 21 heavy (non-hydrogen) atoms. The van der Waals surface area contributed by atoms with E-state index in [4.69, 9.17) is 0 Å². The Bertz CT molecular complexity index is 724. The summed E-state index contributed by atoms with van der Waals surface area (Å²) in [6, 6.07) is 3.83. The fourth-order valence-corrected chi connectivity index (χ4v) is 2.68. The Kier molecular flexibility index (Phi) is 4.96. The fraction of sp³-hybridized carbons (Fsp3) is 0.500. The standard InChI is InChI=1S/C16H23N3O2/c1-4-8-19(9-5-2)10-12-11(3)6-7-13-14(12)18-16(21)15(20)17-13/h6-7H,4-5,8-10H2,1-3H3,(H,17,20)(H,18,21). The number of nitrogens with zero attached hydrogens (tertiary/aromatic N) is 1. The summed E-state index contributed by atoms with van der Waals surface area (Å²) < 4.78 is 0. The lowest BCUT2D eigenvalue weighted by Gasteiger charge is -2.22. The van der Waals surface area contributed by atoms with Gasteiger partial charge in [-0.05, 0) is 50.0 Å². The molecule has 2 rings (SSSR count). The predicted molar refractivity (Wildman–Crippen MR) is 85.8 cm³/mol. The molecule has 0 aliphatic carbocycles. The van der Waals surface area contributed by atoms with E-state index >= 15 is 0 Å².